The lowest BCUT2D eigenvalue weighted by Gasteiger charge is -2.44. The molecule has 182 valence electrons. The Morgan fingerprint density at radius 3 is 2.37 bits per heavy atom. The highest BCUT2D eigenvalue weighted by molar-refractivity contribution is 6.00. The summed E-state index contributed by atoms with van der Waals surface area (Å²) in [5, 5.41) is 1.16. The Morgan fingerprint density at radius 2 is 1.45 bits per heavy atom. The molecule has 38 heavy (non-hydrogen) atoms. The second-order valence-corrected chi connectivity index (χ2v) is 10.5. The van der Waals surface area contributed by atoms with Gasteiger partial charge in [-0.15, -0.1) is 0 Å². The van der Waals surface area contributed by atoms with Crippen LogP contribution in [0.15, 0.2) is 112 Å². The summed E-state index contributed by atoms with van der Waals surface area (Å²) < 4.78 is 12.7. The molecule has 3 heterocycles. The van der Waals surface area contributed by atoms with Crippen LogP contribution in [0.25, 0.3) is 33.1 Å². The molecule has 0 radical (unpaired) electrons. The van der Waals surface area contributed by atoms with Crippen molar-refractivity contribution in [2.45, 2.75) is 19.3 Å². The van der Waals surface area contributed by atoms with E-state index in [0.29, 0.717) is 21.9 Å². The summed E-state index contributed by atoms with van der Waals surface area (Å²) in [5.41, 5.74) is 8.46. The first kappa shape index (κ1) is 21.3. The largest absolute Gasteiger partial charge is 0.456 e. The van der Waals surface area contributed by atoms with Gasteiger partial charge in [0, 0.05) is 5.41 Å². The Bertz CT molecular complexity index is 2020. The van der Waals surface area contributed by atoms with E-state index in [1.165, 1.54) is 11.1 Å². The minimum atomic E-state index is -0.154. The zero-order valence-corrected chi connectivity index (χ0v) is 21.0. The lowest BCUT2D eigenvalue weighted by atomic mass is 9.73. The van der Waals surface area contributed by atoms with E-state index in [0.717, 1.165) is 39.7 Å². The average molecular weight is 494 g/mol. The number of anilines is 3. The van der Waals surface area contributed by atoms with Crippen LogP contribution in [0.5, 0.6) is 11.5 Å². The third-order valence-electron chi connectivity index (χ3n) is 8.05. The fraction of sp³-hybridized carbons (Fsp3) is 0.0882. The second-order valence-electron chi connectivity index (χ2n) is 10.5. The van der Waals surface area contributed by atoms with Crippen molar-refractivity contribution in [1.29, 1.82) is 0 Å². The summed E-state index contributed by atoms with van der Waals surface area (Å²) in [5.74, 6) is 1.59. The third kappa shape index (κ3) is 2.72. The van der Waals surface area contributed by atoms with E-state index in [9.17, 15) is 4.79 Å². The van der Waals surface area contributed by atoms with Crippen molar-refractivity contribution >= 4 is 39.0 Å². The molecule has 4 nitrogen and oxygen atoms in total. The van der Waals surface area contributed by atoms with Gasteiger partial charge in [-0.2, -0.15) is 0 Å². The SMILES string of the molecule is CC1(C)c2ccccc2N2c3ccc(-c4cccc5oc6ccccc6c(=O)c45)cc3Oc3cccc1c32. The van der Waals surface area contributed by atoms with Gasteiger partial charge >= 0.3 is 0 Å². The van der Waals surface area contributed by atoms with E-state index >= 15 is 0 Å². The molecule has 0 fully saturated rings. The van der Waals surface area contributed by atoms with E-state index in [1.807, 2.05) is 54.6 Å². The van der Waals surface area contributed by atoms with Crippen LogP contribution < -0.4 is 15.1 Å². The first-order chi connectivity index (χ1) is 18.5. The third-order valence-corrected chi connectivity index (χ3v) is 8.05. The van der Waals surface area contributed by atoms with Crippen molar-refractivity contribution in [3.63, 3.8) is 0 Å². The topological polar surface area (TPSA) is 42.7 Å². The molecule has 0 bridgehead atoms. The Kier molecular flexibility index (Phi) is 4.12. The molecule has 4 heteroatoms. The monoisotopic (exact) mass is 493 g/mol. The van der Waals surface area contributed by atoms with Crippen molar-refractivity contribution in [3.8, 4) is 22.6 Å². The van der Waals surface area contributed by atoms with Crippen LogP contribution in [0, 0.1) is 0 Å². The summed E-state index contributed by atoms with van der Waals surface area (Å²) in [6, 6.07) is 34.3. The highest BCUT2D eigenvalue weighted by Gasteiger charge is 2.41. The number of nitrogens with zero attached hydrogens (tertiary/aromatic N) is 1. The summed E-state index contributed by atoms with van der Waals surface area (Å²) in [6.07, 6.45) is 0. The number of ether oxygens (including phenoxy) is 1. The normalized spacial score (nSPS) is 14.5. The van der Waals surface area contributed by atoms with E-state index in [4.69, 9.17) is 9.15 Å². The van der Waals surface area contributed by atoms with Gasteiger partial charge in [-0.25, -0.2) is 0 Å². The fourth-order valence-corrected chi connectivity index (χ4v) is 6.21. The Morgan fingerprint density at radius 1 is 0.684 bits per heavy atom. The Balaban J connectivity index is 1.36. The molecule has 0 N–H and O–H groups in total. The molecule has 0 atom stereocenters. The summed E-state index contributed by atoms with van der Waals surface area (Å²) >= 11 is 0. The molecule has 2 aliphatic heterocycles. The van der Waals surface area contributed by atoms with Crippen LogP contribution in [0.4, 0.5) is 17.1 Å². The Hall–Kier alpha value is -4.83. The predicted molar refractivity (Wildman–Crippen MR) is 152 cm³/mol. The molecule has 0 saturated heterocycles. The maximum atomic E-state index is 13.6. The summed E-state index contributed by atoms with van der Waals surface area (Å²) in [4.78, 5) is 15.9. The highest BCUT2D eigenvalue weighted by atomic mass is 16.5. The summed E-state index contributed by atoms with van der Waals surface area (Å²) in [6.45, 7) is 4.54. The van der Waals surface area contributed by atoms with Crippen LogP contribution in [0.2, 0.25) is 0 Å². The number of rotatable bonds is 1. The quantitative estimate of drug-likeness (QED) is 0.214. The average Bonchev–Trinajstić information content (AvgIpc) is 2.94. The molecule has 6 aromatic rings. The van der Waals surface area contributed by atoms with Crippen LogP contribution >= 0.6 is 0 Å². The van der Waals surface area contributed by atoms with Gasteiger partial charge in [0.1, 0.15) is 11.2 Å². The molecule has 0 aliphatic carbocycles. The van der Waals surface area contributed by atoms with Gasteiger partial charge in [-0.3, -0.25) is 4.79 Å². The number of hydrogen-bond acceptors (Lipinski definition) is 4. The van der Waals surface area contributed by atoms with Crippen LogP contribution in [-0.2, 0) is 5.41 Å². The van der Waals surface area contributed by atoms with Gasteiger partial charge in [-0.05, 0) is 64.7 Å². The lowest BCUT2D eigenvalue weighted by molar-refractivity contribution is 0.471. The van der Waals surface area contributed by atoms with Crippen LogP contribution in [0.1, 0.15) is 25.0 Å². The zero-order chi connectivity index (χ0) is 25.6. The number of para-hydroxylation sites is 3. The van der Waals surface area contributed by atoms with Crippen LogP contribution in [-0.4, -0.2) is 0 Å². The fourth-order valence-electron chi connectivity index (χ4n) is 6.21. The van der Waals surface area contributed by atoms with Crippen molar-refractivity contribution in [1.82, 2.24) is 0 Å². The van der Waals surface area contributed by atoms with E-state index in [1.54, 1.807) is 0 Å². The van der Waals surface area contributed by atoms with Crippen molar-refractivity contribution < 1.29 is 9.15 Å². The maximum absolute atomic E-state index is 13.6. The number of benzene rings is 5. The van der Waals surface area contributed by atoms with Crippen LogP contribution in [0.3, 0.4) is 0 Å². The van der Waals surface area contributed by atoms with E-state index in [2.05, 4.69) is 67.3 Å². The smallest absolute Gasteiger partial charge is 0.201 e. The number of fused-ring (bicyclic) bond motifs is 6. The standard InChI is InChI=1S/C34H23NO3/c1-34(2)23-11-4-5-13-25(23)35-26-18-17-20(19-30(26)38-29-16-8-12-24(34)32(29)35)21-10-7-15-28-31(21)33(36)22-9-3-6-14-27(22)37-28/h3-19H,1-2H3. The Labute approximate surface area is 219 Å². The van der Waals surface area contributed by atoms with E-state index < -0.39 is 0 Å². The molecular weight excluding hydrogens is 470 g/mol. The zero-order valence-electron chi connectivity index (χ0n) is 21.0. The molecule has 1 aromatic heterocycles. The lowest BCUT2D eigenvalue weighted by Crippen LogP contribution is -2.32. The first-order valence-corrected chi connectivity index (χ1v) is 12.8. The van der Waals surface area contributed by atoms with Gasteiger partial charge in [0.2, 0.25) is 5.43 Å². The van der Waals surface area contributed by atoms with Crippen molar-refractivity contribution in [2.75, 3.05) is 4.90 Å². The summed E-state index contributed by atoms with van der Waals surface area (Å²) in [7, 11) is 0. The predicted octanol–water partition coefficient (Wildman–Crippen LogP) is 8.83. The minimum absolute atomic E-state index is 0.0294. The molecule has 2 aliphatic rings. The maximum Gasteiger partial charge on any atom is 0.201 e. The number of hydrogen-bond donors (Lipinski definition) is 0. The minimum Gasteiger partial charge on any atom is -0.456 e. The molecule has 0 saturated carbocycles. The molecule has 5 aromatic carbocycles. The molecule has 0 amide bonds. The first-order valence-electron chi connectivity index (χ1n) is 12.8. The van der Waals surface area contributed by atoms with Crippen molar-refractivity contribution in [2.24, 2.45) is 0 Å². The molecule has 8 rings (SSSR count). The molecule has 0 unspecified atom stereocenters. The highest BCUT2D eigenvalue weighted by Crippen LogP contribution is 2.59. The van der Waals surface area contributed by atoms with E-state index in [-0.39, 0.29) is 10.8 Å². The van der Waals surface area contributed by atoms with Gasteiger partial charge in [0.15, 0.2) is 11.5 Å². The van der Waals surface area contributed by atoms with Gasteiger partial charge in [0.05, 0.1) is 27.8 Å². The van der Waals surface area contributed by atoms with Gasteiger partial charge in [0.25, 0.3) is 0 Å². The molecule has 0 spiro atoms. The van der Waals surface area contributed by atoms with Gasteiger partial charge < -0.3 is 14.1 Å². The van der Waals surface area contributed by atoms with Crippen molar-refractivity contribution in [3.05, 3.63) is 124 Å². The second kappa shape index (κ2) is 7.36. The molecular formula is C34H23NO3. The van der Waals surface area contributed by atoms with Gasteiger partial charge in [-0.1, -0.05) is 74.5 Å².